The third kappa shape index (κ3) is 5.06. The van der Waals surface area contributed by atoms with Crippen molar-refractivity contribution in [3.8, 4) is 11.5 Å². The first-order chi connectivity index (χ1) is 7.84. The maximum atomic E-state index is 9.45. The van der Waals surface area contributed by atoms with E-state index < -0.39 is 0 Å². The van der Waals surface area contributed by atoms with Crippen LogP contribution in [0, 0.1) is 6.42 Å². The highest BCUT2D eigenvalue weighted by atomic mass is 16.5. The van der Waals surface area contributed by atoms with Gasteiger partial charge in [-0.15, -0.1) is 0 Å². The van der Waals surface area contributed by atoms with Crippen LogP contribution in [0.25, 0.3) is 0 Å². The molecule has 0 atom stereocenters. The molecule has 0 saturated heterocycles. The number of phenols is 1. The number of unbranched alkanes of at least 4 members (excludes halogenated alkanes) is 5. The summed E-state index contributed by atoms with van der Waals surface area (Å²) < 4.78 is 5.48. The first-order valence-electron chi connectivity index (χ1n) is 6.07. The summed E-state index contributed by atoms with van der Waals surface area (Å²) in [7, 11) is 0. The Morgan fingerprint density at radius 2 is 2.00 bits per heavy atom. The van der Waals surface area contributed by atoms with Gasteiger partial charge in [0.15, 0.2) is 11.5 Å². The molecule has 0 saturated carbocycles. The molecule has 0 heterocycles. The van der Waals surface area contributed by atoms with Crippen LogP contribution in [0.15, 0.2) is 24.3 Å². The highest BCUT2D eigenvalue weighted by Crippen LogP contribution is 2.24. The fourth-order valence-corrected chi connectivity index (χ4v) is 1.50. The van der Waals surface area contributed by atoms with Gasteiger partial charge in [-0.05, 0) is 31.4 Å². The molecule has 89 valence electrons. The smallest absolute Gasteiger partial charge is 0.160 e. The molecule has 0 fully saturated rings. The molecule has 0 bridgehead atoms. The lowest BCUT2D eigenvalue weighted by Crippen LogP contribution is -1.97. The molecule has 0 aliphatic carbocycles. The van der Waals surface area contributed by atoms with E-state index in [1.54, 1.807) is 18.2 Å². The molecule has 0 amide bonds. The van der Waals surface area contributed by atoms with Gasteiger partial charge >= 0.3 is 0 Å². The van der Waals surface area contributed by atoms with Gasteiger partial charge in [-0.3, -0.25) is 0 Å². The van der Waals surface area contributed by atoms with E-state index in [0.29, 0.717) is 12.4 Å². The van der Waals surface area contributed by atoms with Gasteiger partial charge in [-0.25, -0.2) is 0 Å². The number of aromatic hydroxyl groups is 1. The van der Waals surface area contributed by atoms with Crippen LogP contribution in [0.2, 0.25) is 0 Å². The Labute approximate surface area is 98.3 Å². The van der Waals surface area contributed by atoms with Gasteiger partial charge in [0.25, 0.3) is 0 Å². The zero-order valence-electron chi connectivity index (χ0n) is 9.98. The zero-order valence-corrected chi connectivity index (χ0v) is 9.98. The van der Waals surface area contributed by atoms with E-state index in [2.05, 4.69) is 13.3 Å². The monoisotopic (exact) mass is 221 g/mol. The molecule has 16 heavy (non-hydrogen) atoms. The average molecular weight is 221 g/mol. The lowest BCUT2D eigenvalue weighted by Gasteiger charge is -2.07. The Hall–Kier alpha value is -1.18. The predicted molar refractivity (Wildman–Crippen MR) is 66.7 cm³/mol. The van der Waals surface area contributed by atoms with E-state index in [4.69, 9.17) is 4.74 Å². The lowest BCUT2D eigenvalue weighted by molar-refractivity contribution is 0.290. The molecule has 0 aromatic heterocycles. The van der Waals surface area contributed by atoms with Crippen LogP contribution in [-0.4, -0.2) is 11.7 Å². The summed E-state index contributed by atoms with van der Waals surface area (Å²) in [6, 6.07) is 7.09. The Kier molecular flexibility index (Phi) is 6.47. The minimum absolute atomic E-state index is 0.222. The van der Waals surface area contributed by atoms with Gasteiger partial charge in [0.05, 0.1) is 6.61 Å². The molecule has 0 unspecified atom stereocenters. The van der Waals surface area contributed by atoms with E-state index in [1.807, 2.05) is 6.07 Å². The van der Waals surface area contributed by atoms with Crippen molar-refractivity contribution in [2.75, 3.05) is 6.61 Å². The number of hydrogen-bond acceptors (Lipinski definition) is 2. The molecule has 0 spiro atoms. The molecular weight excluding hydrogens is 200 g/mol. The molecule has 1 N–H and O–H groups in total. The van der Waals surface area contributed by atoms with Crippen LogP contribution in [0.3, 0.4) is 0 Å². The summed E-state index contributed by atoms with van der Waals surface area (Å²) in [5.74, 6) is 0.806. The minimum Gasteiger partial charge on any atom is -0.504 e. The van der Waals surface area contributed by atoms with Crippen molar-refractivity contribution < 1.29 is 9.84 Å². The SMILES string of the molecule is CCC[CH]CCCCOc1ccccc1O. The molecule has 1 radical (unpaired) electrons. The first-order valence-corrected chi connectivity index (χ1v) is 6.07. The van der Waals surface area contributed by atoms with Crippen molar-refractivity contribution in [2.24, 2.45) is 0 Å². The number of para-hydroxylation sites is 2. The van der Waals surface area contributed by atoms with Gasteiger partial charge in [0.2, 0.25) is 0 Å². The summed E-state index contributed by atoms with van der Waals surface area (Å²) in [4.78, 5) is 0. The molecule has 2 heteroatoms. The van der Waals surface area contributed by atoms with E-state index in [-0.39, 0.29) is 5.75 Å². The summed E-state index contributed by atoms with van der Waals surface area (Å²) in [6.45, 7) is 2.87. The van der Waals surface area contributed by atoms with Crippen molar-refractivity contribution in [3.05, 3.63) is 30.7 Å². The molecule has 2 nitrogen and oxygen atoms in total. The van der Waals surface area contributed by atoms with Crippen molar-refractivity contribution in [3.63, 3.8) is 0 Å². The first kappa shape index (κ1) is 12.9. The van der Waals surface area contributed by atoms with E-state index in [1.165, 1.54) is 12.8 Å². The maximum Gasteiger partial charge on any atom is 0.160 e. The van der Waals surface area contributed by atoms with Crippen molar-refractivity contribution in [2.45, 2.75) is 39.0 Å². The number of phenolic OH excluding ortho intramolecular Hbond substituents is 1. The standard InChI is InChI=1S/C14H21O2/c1-2-3-4-5-6-9-12-16-14-11-8-7-10-13(14)15/h4,7-8,10-11,15H,2-3,5-6,9,12H2,1H3. The van der Waals surface area contributed by atoms with Gasteiger partial charge in [0.1, 0.15) is 0 Å². The third-order valence-corrected chi connectivity index (χ3v) is 2.42. The Morgan fingerprint density at radius 3 is 2.75 bits per heavy atom. The molecular formula is C14H21O2. The quantitative estimate of drug-likeness (QED) is 0.674. The van der Waals surface area contributed by atoms with Crippen LogP contribution in [-0.2, 0) is 0 Å². The summed E-state index contributed by atoms with van der Waals surface area (Å²) >= 11 is 0. The zero-order chi connectivity index (χ0) is 11.6. The predicted octanol–water partition coefficient (Wildman–Crippen LogP) is 3.95. The van der Waals surface area contributed by atoms with E-state index in [9.17, 15) is 5.11 Å². The van der Waals surface area contributed by atoms with Crippen LogP contribution in [0.1, 0.15) is 39.0 Å². The second-order valence-corrected chi connectivity index (χ2v) is 3.89. The highest BCUT2D eigenvalue weighted by molar-refractivity contribution is 5.37. The number of rotatable bonds is 8. The second kappa shape index (κ2) is 8.03. The molecule has 0 aliphatic heterocycles. The molecule has 1 aromatic rings. The summed E-state index contributed by atoms with van der Waals surface area (Å²) in [6.07, 6.45) is 8.13. The van der Waals surface area contributed by atoms with Gasteiger partial charge in [-0.2, -0.15) is 0 Å². The van der Waals surface area contributed by atoms with E-state index >= 15 is 0 Å². The maximum absolute atomic E-state index is 9.45. The summed E-state index contributed by atoms with van der Waals surface area (Å²) in [5.41, 5.74) is 0. The Bertz CT molecular complexity index is 284. The minimum atomic E-state index is 0.222. The average Bonchev–Trinajstić information content (AvgIpc) is 2.30. The van der Waals surface area contributed by atoms with Crippen LogP contribution >= 0.6 is 0 Å². The van der Waals surface area contributed by atoms with E-state index in [0.717, 1.165) is 19.3 Å². The van der Waals surface area contributed by atoms with Crippen molar-refractivity contribution in [1.29, 1.82) is 0 Å². The van der Waals surface area contributed by atoms with Gasteiger partial charge in [0, 0.05) is 0 Å². The fourth-order valence-electron chi connectivity index (χ4n) is 1.50. The van der Waals surface area contributed by atoms with Crippen LogP contribution in [0.4, 0.5) is 0 Å². The topological polar surface area (TPSA) is 29.5 Å². The van der Waals surface area contributed by atoms with Crippen molar-refractivity contribution >= 4 is 0 Å². The Balaban J connectivity index is 2.05. The number of benzene rings is 1. The van der Waals surface area contributed by atoms with Gasteiger partial charge < -0.3 is 9.84 Å². The number of ether oxygens (including phenoxy) is 1. The molecule has 0 aliphatic rings. The third-order valence-electron chi connectivity index (χ3n) is 2.42. The summed E-state index contributed by atoms with van der Waals surface area (Å²) in [5, 5.41) is 9.45. The molecule has 1 rings (SSSR count). The lowest BCUT2D eigenvalue weighted by atomic mass is 10.1. The Morgan fingerprint density at radius 1 is 1.19 bits per heavy atom. The largest absolute Gasteiger partial charge is 0.504 e. The van der Waals surface area contributed by atoms with Crippen LogP contribution in [0.5, 0.6) is 11.5 Å². The van der Waals surface area contributed by atoms with Crippen LogP contribution < -0.4 is 4.74 Å². The highest BCUT2D eigenvalue weighted by Gasteiger charge is 1.99. The molecule has 1 aromatic carbocycles. The number of hydrogen-bond donors (Lipinski definition) is 1. The normalized spacial score (nSPS) is 10.3. The fraction of sp³-hybridized carbons (Fsp3) is 0.500. The van der Waals surface area contributed by atoms with Gasteiger partial charge in [-0.1, -0.05) is 38.3 Å². The second-order valence-electron chi connectivity index (χ2n) is 3.89. The van der Waals surface area contributed by atoms with Crippen molar-refractivity contribution in [1.82, 2.24) is 0 Å².